The Bertz CT molecular complexity index is 773. The zero-order valence-corrected chi connectivity index (χ0v) is 12.5. The number of para-hydroxylation sites is 2. The van der Waals surface area contributed by atoms with Crippen molar-refractivity contribution in [1.82, 2.24) is 0 Å². The number of hydrogen-bond acceptors (Lipinski definition) is 5. The van der Waals surface area contributed by atoms with Gasteiger partial charge in [0.25, 0.3) is 5.91 Å². The molecule has 2 aromatic carbocycles. The summed E-state index contributed by atoms with van der Waals surface area (Å²) < 4.78 is 10.9. The van der Waals surface area contributed by atoms with Crippen molar-refractivity contribution >= 4 is 23.1 Å². The summed E-state index contributed by atoms with van der Waals surface area (Å²) in [5.41, 5.74) is 7.20. The van der Waals surface area contributed by atoms with Gasteiger partial charge in [0.05, 0.1) is 11.4 Å². The van der Waals surface area contributed by atoms with Gasteiger partial charge in [-0.1, -0.05) is 12.1 Å². The number of carbonyl (C=O) groups excluding carboxylic acids is 2. The van der Waals surface area contributed by atoms with Crippen molar-refractivity contribution in [1.29, 1.82) is 0 Å². The van der Waals surface area contributed by atoms with Crippen LogP contribution in [0.4, 0.5) is 11.4 Å². The first-order valence-electron chi connectivity index (χ1n) is 7.16. The summed E-state index contributed by atoms with van der Waals surface area (Å²) in [4.78, 5) is 23.9. The third kappa shape index (κ3) is 3.11. The molecule has 1 amide bonds. The second-order valence-electron chi connectivity index (χ2n) is 5.21. The largest absolute Gasteiger partial charge is 0.482 e. The molecular formula is C17H16N2O4. The number of hydrogen-bond donors (Lipinski definition) is 2. The Balaban J connectivity index is 1.79. The van der Waals surface area contributed by atoms with E-state index in [1.54, 1.807) is 49.4 Å². The van der Waals surface area contributed by atoms with Gasteiger partial charge in [-0.05, 0) is 37.3 Å². The lowest BCUT2D eigenvalue weighted by Gasteiger charge is -2.19. The molecule has 1 unspecified atom stereocenters. The van der Waals surface area contributed by atoms with E-state index < -0.39 is 6.10 Å². The molecule has 118 valence electrons. The fraction of sp³-hybridized carbons (Fsp3) is 0.176. The lowest BCUT2D eigenvalue weighted by Crippen LogP contribution is -2.27. The van der Waals surface area contributed by atoms with Crippen LogP contribution >= 0.6 is 0 Å². The van der Waals surface area contributed by atoms with Gasteiger partial charge in [0.2, 0.25) is 5.78 Å². The lowest BCUT2D eigenvalue weighted by atomic mass is 10.1. The summed E-state index contributed by atoms with van der Waals surface area (Å²) in [7, 11) is 0. The van der Waals surface area contributed by atoms with Crippen molar-refractivity contribution < 1.29 is 19.1 Å². The maximum absolute atomic E-state index is 12.5. The van der Waals surface area contributed by atoms with Crippen LogP contribution in [-0.4, -0.2) is 24.4 Å². The Labute approximate surface area is 133 Å². The SMILES string of the molecule is CC(Oc1ccccc1N)C(=O)c1ccc2c(c1)NC(=O)CO2. The predicted molar refractivity (Wildman–Crippen MR) is 85.8 cm³/mol. The van der Waals surface area contributed by atoms with E-state index in [0.29, 0.717) is 28.4 Å². The van der Waals surface area contributed by atoms with E-state index in [0.717, 1.165) is 0 Å². The van der Waals surface area contributed by atoms with Gasteiger partial charge in [0.15, 0.2) is 12.7 Å². The molecule has 0 saturated carbocycles. The van der Waals surface area contributed by atoms with Crippen LogP contribution in [-0.2, 0) is 4.79 Å². The number of anilines is 2. The standard InChI is InChI=1S/C17H16N2O4/c1-10(23-14-5-3-2-4-12(14)18)17(21)11-6-7-15-13(8-11)19-16(20)9-22-15/h2-8,10H,9,18H2,1H3,(H,19,20). The van der Waals surface area contributed by atoms with Gasteiger partial charge in [-0.15, -0.1) is 0 Å². The van der Waals surface area contributed by atoms with E-state index in [1.807, 2.05) is 0 Å². The quantitative estimate of drug-likeness (QED) is 0.667. The maximum Gasteiger partial charge on any atom is 0.262 e. The molecule has 1 aliphatic heterocycles. The van der Waals surface area contributed by atoms with Crippen molar-refractivity contribution in [2.45, 2.75) is 13.0 Å². The maximum atomic E-state index is 12.5. The average molecular weight is 312 g/mol. The average Bonchev–Trinajstić information content (AvgIpc) is 2.55. The van der Waals surface area contributed by atoms with Crippen LogP contribution < -0.4 is 20.5 Å². The summed E-state index contributed by atoms with van der Waals surface area (Å²) >= 11 is 0. The van der Waals surface area contributed by atoms with E-state index in [1.165, 1.54) is 0 Å². The Morgan fingerprint density at radius 1 is 1.30 bits per heavy atom. The number of nitrogen functional groups attached to an aromatic ring is 1. The number of carbonyl (C=O) groups is 2. The van der Waals surface area contributed by atoms with Crippen molar-refractivity contribution in [3.63, 3.8) is 0 Å². The Hall–Kier alpha value is -3.02. The molecule has 0 saturated heterocycles. The lowest BCUT2D eigenvalue weighted by molar-refractivity contribution is -0.118. The van der Waals surface area contributed by atoms with Gasteiger partial charge in [-0.2, -0.15) is 0 Å². The van der Waals surface area contributed by atoms with Crippen LogP contribution in [0.25, 0.3) is 0 Å². The Kier molecular flexibility index (Phi) is 3.89. The summed E-state index contributed by atoms with van der Waals surface area (Å²) in [5, 5.41) is 2.68. The monoisotopic (exact) mass is 312 g/mol. The zero-order chi connectivity index (χ0) is 16.4. The number of fused-ring (bicyclic) bond motifs is 1. The first-order chi connectivity index (χ1) is 11.0. The van der Waals surface area contributed by atoms with Crippen LogP contribution in [0.5, 0.6) is 11.5 Å². The van der Waals surface area contributed by atoms with Crippen molar-refractivity contribution in [3.8, 4) is 11.5 Å². The number of amides is 1. The second-order valence-corrected chi connectivity index (χ2v) is 5.21. The predicted octanol–water partition coefficient (Wildman–Crippen LogP) is 2.25. The van der Waals surface area contributed by atoms with E-state index in [2.05, 4.69) is 5.32 Å². The smallest absolute Gasteiger partial charge is 0.262 e. The number of ether oxygens (including phenoxy) is 2. The third-order valence-corrected chi connectivity index (χ3v) is 3.49. The molecule has 1 heterocycles. The number of Topliss-reactive ketones (excluding diaryl/α,β-unsaturated/α-hetero) is 1. The van der Waals surface area contributed by atoms with Gasteiger partial charge in [-0.25, -0.2) is 0 Å². The minimum Gasteiger partial charge on any atom is -0.482 e. The highest BCUT2D eigenvalue weighted by molar-refractivity contribution is 6.02. The molecule has 1 aliphatic rings. The minimum atomic E-state index is -0.710. The molecule has 3 N–H and O–H groups in total. The van der Waals surface area contributed by atoms with Crippen molar-refractivity contribution in [2.75, 3.05) is 17.7 Å². The van der Waals surface area contributed by atoms with Crippen molar-refractivity contribution in [3.05, 3.63) is 48.0 Å². The number of nitrogens with two attached hydrogens (primary N) is 1. The van der Waals surface area contributed by atoms with Gasteiger partial charge < -0.3 is 20.5 Å². The molecule has 0 spiro atoms. The third-order valence-electron chi connectivity index (χ3n) is 3.49. The molecule has 6 heteroatoms. The number of ketones is 1. The molecule has 3 rings (SSSR count). The first kappa shape index (κ1) is 14.9. The number of benzene rings is 2. The molecule has 6 nitrogen and oxygen atoms in total. The summed E-state index contributed by atoms with van der Waals surface area (Å²) in [6.45, 7) is 1.64. The molecule has 0 radical (unpaired) electrons. The molecule has 0 fully saturated rings. The summed E-state index contributed by atoms with van der Waals surface area (Å²) in [6.07, 6.45) is -0.710. The van der Waals surface area contributed by atoms with Gasteiger partial charge in [0.1, 0.15) is 11.5 Å². The molecule has 0 bridgehead atoms. The van der Waals surface area contributed by atoms with Crippen LogP contribution in [0.15, 0.2) is 42.5 Å². The van der Waals surface area contributed by atoms with Crippen molar-refractivity contribution in [2.24, 2.45) is 0 Å². The Morgan fingerprint density at radius 2 is 2.09 bits per heavy atom. The van der Waals surface area contributed by atoms with E-state index >= 15 is 0 Å². The van der Waals surface area contributed by atoms with Gasteiger partial charge in [-0.3, -0.25) is 9.59 Å². The molecule has 2 aromatic rings. The highest BCUT2D eigenvalue weighted by atomic mass is 16.5. The fourth-order valence-corrected chi connectivity index (χ4v) is 2.30. The first-order valence-corrected chi connectivity index (χ1v) is 7.16. The topological polar surface area (TPSA) is 90.6 Å². The van der Waals surface area contributed by atoms with Crippen LogP contribution in [0.3, 0.4) is 0 Å². The molecular weight excluding hydrogens is 296 g/mol. The van der Waals surface area contributed by atoms with Crippen LogP contribution in [0.2, 0.25) is 0 Å². The second kappa shape index (κ2) is 6.00. The van der Waals surface area contributed by atoms with Crippen LogP contribution in [0, 0.1) is 0 Å². The number of rotatable bonds is 4. The molecule has 0 aliphatic carbocycles. The molecule has 0 aromatic heterocycles. The minimum absolute atomic E-state index is 0.0207. The van der Waals surface area contributed by atoms with E-state index in [9.17, 15) is 9.59 Å². The molecule has 23 heavy (non-hydrogen) atoms. The highest BCUT2D eigenvalue weighted by Gasteiger charge is 2.22. The Morgan fingerprint density at radius 3 is 2.87 bits per heavy atom. The van der Waals surface area contributed by atoms with E-state index in [4.69, 9.17) is 15.2 Å². The fourth-order valence-electron chi connectivity index (χ4n) is 2.30. The normalized spacial score (nSPS) is 14.2. The summed E-state index contributed by atoms with van der Waals surface area (Å²) in [6, 6.07) is 11.9. The van der Waals surface area contributed by atoms with Gasteiger partial charge in [0, 0.05) is 5.56 Å². The highest BCUT2D eigenvalue weighted by Crippen LogP contribution is 2.29. The van der Waals surface area contributed by atoms with E-state index in [-0.39, 0.29) is 18.3 Å². The van der Waals surface area contributed by atoms with Crippen LogP contribution in [0.1, 0.15) is 17.3 Å². The van der Waals surface area contributed by atoms with Gasteiger partial charge >= 0.3 is 0 Å². The number of nitrogens with one attached hydrogen (secondary N) is 1. The molecule has 1 atom stereocenters. The zero-order valence-electron chi connectivity index (χ0n) is 12.5. The summed E-state index contributed by atoms with van der Waals surface area (Å²) in [5.74, 6) is 0.546.